The number of carbonyl (C=O) groups is 1. The number of oxazole rings is 1. The summed E-state index contributed by atoms with van der Waals surface area (Å²) in [6, 6.07) is 15.5. The maximum Gasteiger partial charge on any atom is 0.255 e. The highest BCUT2D eigenvalue weighted by atomic mass is 32.2. The minimum Gasteiger partial charge on any atom is -0.441 e. The lowest BCUT2D eigenvalue weighted by atomic mass is 10.1. The Bertz CT molecular complexity index is 972. The summed E-state index contributed by atoms with van der Waals surface area (Å²) in [6.45, 7) is 6.94. The number of thioether (sulfide) groups is 1. The first-order valence-electron chi connectivity index (χ1n) is 9.83. The van der Waals surface area contributed by atoms with E-state index in [0.717, 1.165) is 42.3 Å². The van der Waals surface area contributed by atoms with Crippen LogP contribution in [0.3, 0.4) is 0 Å². The Labute approximate surface area is 175 Å². The van der Waals surface area contributed by atoms with Crippen molar-refractivity contribution in [2.45, 2.75) is 20.4 Å². The Morgan fingerprint density at radius 3 is 2.59 bits per heavy atom. The summed E-state index contributed by atoms with van der Waals surface area (Å²) in [7, 11) is 0. The van der Waals surface area contributed by atoms with Crippen molar-refractivity contribution in [3.63, 3.8) is 0 Å². The molecule has 2 heterocycles. The van der Waals surface area contributed by atoms with Crippen molar-refractivity contribution in [2.24, 2.45) is 0 Å². The second-order valence-electron chi connectivity index (χ2n) is 7.28. The third-order valence-electron chi connectivity index (χ3n) is 5.12. The number of amides is 1. The molecule has 0 unspecified atom stereocenters. The molecule has 0 radical (unpaired) electrons. The van der Waals surface area contributed by atoms with Crippen LogP contribution in [0.15, 0.2) is 52.9 Å². The van der Waals surface area contributed by atoms with E-state index in [4.69, 9.17) is 4.42 Å². The SMILES string of the molecule is Cc1nc(-c2ccc(NC(=O)c3cccc(CN4CCSCC4)c3)cc2)oc1C. The van der Waals surface area contributed by atoms with Gasteiger partial charge in [-0.15, -0.1) is 0 Å². The molecule has 0 atom stereocenters. The monoisotopic (exact) mass is 407 g/mol. The van der Waals surface area contributed by atoms with E-state index in [0.29, 0.717) is 11.5 Å². The molecule has 1 fully saturated rings. The van der Waals surface area contributed by atoms with Crippen LogP contribution in [0.1, 0.15) is 27.4 Å². The minimum atomic E-state index is -0.100. The molecule has 6 heteroatoms. The predicted molar refractivity (Wildman–Crippen MR) is 118 cm³/mol. The van der Waals surface area contributed by atoms with Gasteiger partial charge in [0.25, 0.3) is 5.91 Å². The first-order chi connectivity index (χ1) is 14.1. The van der Waals surface area contributed by atoms with Crippen molar-refractivity contribution in [1.82, 2.24) is 9.88 Å². The van der Waals surface area contributed by atoms with Gasteiger partial charge in [0.15, 0.2) is 0 Å². The van der Waals surface area contributed by atoms with Crippen LogP contribution in [0.25, 0.3) is 11.5 Å². The standard InChI is InChI=1S/C23H25N3O2S/c1-16-17(2)28-23(24-16)19-6-8-21(9-7-19)25-22(27)20-5-3-4-18(14-20)15-26-10-12-29-13-11-26/h3-9,14H,10-13,15H2,1-2H3,(H,25,27). The van der Waals surface area contributed by atoms with Gasteiger partial charge >= 0.3 is 0 Å². The fraction of sp³-hybridized carbons (Fsp3) is 0.304. The molecule has 1 amide bonds. The highest BCUT2D eigenvalue weighted by Gasteiger charge is 2.13. The highest BCUT2D eigenvalue weighted by molar-refractivity contribution is 7.99. The fourth-order valence-electron chi connectivity index (χ4n) is 3.32. The third kappa shape index (κ3) is 4.89. The lowest BCUT2D eigenvalue weighted by Crippen LogP contribution is -2.32. The van der Waals surface area contributed by atoms with E-state index in [1.54, 1.807) is 0 Å². The number of benzene rings is 2. The number of rotatable bonds is 5. The van der Waals surface area contributed by atoms with Gasteiger partial charge in [0.05, 0.1) is 5.69 Å². The largest absolute Gasteiger partial charge is 0.441 e. The number of nitrogens with one attached hydrogen (secondary N) is 1. The number of hydrogen-bond donors (Lipinski definition) is 1. The van der Waals surface area contributed by atoms with Gasteiger partial charge in [0, 0.05) is 48.0 Å². The van der Waals surface area contributed by atoms with Crippen LogP contribution in [0.2, 0.25) is 0 Å². The van der Waals surface area contributed by atoms with Gasteiger partial charge in [-0.05, 0) is 55.8 Å². The van der Waals surface area contributed by atoms with Crippen LogP contribution in [-0.4, -0.2) is 40.4 Å². The summed E-state index contributed by atoms with van der Waals surface area (Å²) in [6.07, 6.45) is 0. The molecular weight excluding hydrogens is 382 g/mol. The predicted octanol–water partition coefficient (Wildman–Crippen LogP) is 4.76. The molecule has 0 saturated carbocycles. The van der Waals surface area contributed by atoms with Gasteiger partial charge in [0.1, 0.15) is 5.76 Å². The molecule has 0 bridgehead atoms. The number of anilines is 1. The van der Waals surface area contributed by atoms with Crippen LogP contribution in [0, 0.1) is 13.8 Å². The second kappa shape index (κ2) is 8.84. The topological polar surface area (TPSA) is 58.4 Å². The summed E-state index contributed by atoms with van der Waals surface area (Å²) < 4.78 is 5.66. The smallest absolute Gasteiger partial charge is 0.255 e. The van der Waals surface area contributed by atoms with Crippen molar-refractivity contribution in [3.05, 3.63) is 71.1 Å². The van der Waals surface area contributed by atoms with Gasteiger partial charge < -0.3 is 9.73 Å². The molecule has 1 aliphatic heterocycles. The average molecular weight is 408 g/mol. The van der Waals surface area contributed by atoms with Gasteiger partial charge in [-0.1, -0.05) is 12.1 Å². The highest BCUT2D eigenvalue weighted by Crippen LogP contribution is 2.23. The molecule has 29 heavy (non-hydrogen) atoms. The molecule has 1 aromatic heterocycles. The summed E-state index contributed by atoms with van der Waals surface area (Å²) in [5.74, 6) is 3.69. The van der Waals surface area contributed by atoms with Crippen molar-refractivity contribution >= 4 is 23.4 Å². The van der Waals surface area contributed by atoms with Gasteiger partial charge in [-0.25, -0.2) is 4.98 Å². The van der Waals surface area contributed by atoms with Crippen LogP contribution in [0.4, 0.5) is 5.69 Å². The van der Waals surface area contributed by atoms with Crippen molar-refractivity contribution in [1.29, 1.82) is 0 Å². The van der Waals surface area contributed by atoms with E-state index < -0.39 is 0 Å². The number of nitrogens with zero attached hydrogens (tertiary/aromatic N) is 2. The van der Waals surface area contributed by atoms with Crippen molar-refractivity contribution in [3.8, 4) is 11.5 Å². The number of carbonyl (C=O) groups excluding carboxylic acids is 1. The van der Waals surface area contributed by atoms with Crippen molar-refractivity contribution < 1.29 is 9.21 Å². The Hall–Kier alpha value is -2.57. The lowest BCUT2D eigenvalue weighted by Gasteiger charge is -2.26. The first kappa shape index (κ1) is 19.7. The van der Waals surface area contributed by atoms with E-state index in [9.17, 15) is 4.79 Å². The minimum absolute atomic E-state index is 0.100. The Kier molecular flexibility index (Phi) is 6.02. The zero-order valence-corrected chi connectivity index (χ0v) is 17.6. The second-order valence-corrected chi connectivity index (χ2v) is 8.51. The molecule has 1 saturated heterocycles. The zero-order chi connectivity index (χ0) is 20.2. The quantitative estimate of drug-likeness (QED) is 0.661. The van der Waals surface area contributed by atoms with E-state index in [1.165, 1.54) is 17.1 Å². The summed E-state index contributed by atoms with van der Waals surface area (Å²) in [4.78, 5) is 19.6. The fourth-order valence-corrected chi connectivity index (χ4v) is 4.30. The molecule has 5 nitrogen and oxygen atoms in total. The van der Waals surface area contributed by atoms with Gasteiger partial charge in [-0.2, -0.15) is 11.8 Å². The van der Waals surface area contributed by atoms with Crippen LogP contribution in [0.5, 0.6) is 0 Å². The van der Waals surface area contributed by atoms with Crippen LogP contribution >= 0.6 is 11.8 Å². The molecule has 1 N–H and O–H groups in total. The Balaban J connectivity index is 1.41. The number of aryl methyl sites for hydroxylation is 2. The third-order valence-corrected chi connectivity index (χ3v) is 6.06. The summed E-state index contributed by atoms with van der Waals surface area (Å²) in [5, 5.41) is 2.98. The molecule has 0 aliphatic carbocycles. The van der Waals surface area contributed by atoms with E-state index >= 15 is 0 Å². The Morgan fingerprint density at radius 2 is 1.90 bits per heavy atom. The normalized spacial score (nSPS) is 14.7. The van der Waals surface area contributed by atoms with Crippen LogP contribution in [-0.2, 0) is 6.54 Å². The van der Waals surface area contributed by atoms with E-state index in [-0.39, 0.29) is 5.91 Å². The van der Waals surface area contributed by atoms with E-state index in [1.807, 2.05) is 68.1 Å². The molecule has 0 spiro atoms. The molecule has 150 valence electrons. The molecule has 3 aromatic rings. The summed E-state index contributed by atoms with van der Waals surface area (Å²) in [5.41, 5.74) is 4.38. The van der Waals surface area contributed by atoms with Gasteiger partial charge in [-0.3, -0.25) is 9.69 Å². The zero-order valence-electron chi connectivity index (χ0n) is 16.8. The number of hydrogen-bond acceptors (Lipinski definition) is 5. The first-order valence-corrected chi connectivity index (χ1v) is 11.0. The lowest BCUT2D eigenvalue weighted by molar-refractivity contribution is 0.102. The average Bonchev–Trinajstić information content (AvgIpc) is 3.08. The van der Waals surface area contributed by atoms with Crippen molar-refractivity contribution in [2.75, 3.05) is 29.9 Å². The molecule has 1 aliphatic rings. The Morgan fingerprint density at radius 1 is 1.14 bits per heavy atom. The van der Waals surface area contributed by atoms with E-state index in [2.05, 4.69) is 21.3 Å². The summed E-state index contributed by atoms with van der Waals surface area (Å²) >= 11 is 2.00. The van der Waals surface area contributed by atoms with Gasteiger partial charge in [0.2, 0.25) is 5.89 Å². The molecular formula is C23H25N3O2S. The maximum absolute atomic E-state index is 12.7. The molecule has 4 rings (SSSR count). The molecule has 2 aromatic carbocycles. The maximum atomic E-state index is 12.7. The number of aromatic nitrogens is 1. The van der Waals surface area contributed by atoms with Crippen LogP contribution < -0.4 is 5.32 Å².